The van der Waals surface area contributed by atoms with E-state index in [2.05, 4.69) is 41.0 Å². The highest BCUT2D eigenvalue weighted by atomic mass is 15.2. The van der Waals surface area contributed by atoms with Gasteiger partial charge in [-0.25, -0.2) is 9.97 Å². The molecule has 0 radical (unpaired) electrons. The Morgan fingerprint density at radius 1 is 1.33 bits per heavy atom. The van der Waals surface area contributed by atoms with Gasteiger partial charge >= 0.3 is 0 Å². The lowest BCUT2D eigenvalue weighted by molar-refractivity contribution is 0.629. The quantitative estimate of drug-likeness (QED) is 0.835. The van der Waals surface area contributed by atoms with E-state index < -0.39 is 0 Å². The summed E-state index contributed by atoms with van der Waals surface area (Å²) in [7, 11) is 2.03. The van der Waals surface area contributed by atoms with Gasteiger partial charge in [-0.15, -0.1) is 0 Å². The minimum atomic E-state index is -0.00606. The zero-order valence-electron chi connectivity index (χ0n) is 12.1. The Morgan fingerprint density at radius 2 is 2.00 bits per heavy atom. The van der Waals surface area contributed by atoms with Crippen LogP contribution in [0.3, 0.4) is 0 Å². The lowest BCUT2D eigenvalue weighted by atomic mass is 10.1. The molecule has 0 atom stereocenters. The molecular weight excluding hydrogens is 226 g/mol. The van der Waals surface area contributed by atoms with Crippen LogP contribution < -0.4 is 16.0 Å². The number of hydrogen-bond donors (Lipinski definition) is 2. The van der Waals surface area contributed by atoms with Crippen LogP contribution in [0, 0.1) is 6.92 Å². The molecule has 3 N–H and O–H groups in total. The molecule has 0 unspecified atom stereocenters. The molecule has 18 heavy (non-hydrogen) atoms. The minimum Gasteiger partial charge on any atom is -0.365 e. The van der Waals surface area contributed by atoms with Crippen LogP contribution >= 0.6 is 0 Å². The van der Waals surface area contributed by atoms with Crippen molar-refractivity contribution in [3.63, 3.8) is 0 Å². The molecule has 5 nitrogen and oxygen atoms in total. The number of hydrogen-bond acceptors (Lipinski definition) is 5. The van der Waals surface area contributed by atoms with Gasteiger partial charge in [-0.05, 0) is 40.7 Å². The van der Waals surface area contributed by atoms with E-state index in [4.69, 9.17) is 5.73 Å². The molecule has 1 rings (SSSR count). The van der Waals surface area contributed by atoms with Crippen molar-refractivity contribution in [3.05, 3.63) is 11.9 Å². The van der Waals surface area contributed by atoms with Gasteiger partial charge in [0, 0.05) is 25.2 Å². The predicted octanol–water partition coefficient (Wildman–Crippen LogP) is 1.78. The first-order valence-corrected chi connectivity index (χ1v) is 6.37. The van der Waals surface area contributed by atoms with E-state index >= 15 is 0 Å². The van der Waals surface area contributed by atoms with E-state index in [-0.39, 0.29) is 5.54 Å². The third-order valence-corrected chi connectivity index (χ3v) is 2.42. The molecule has 0 spiro atoms. The SMILES string of the molecule is Cc1nc(NC(C)(C)C)cc(N(C)CCCN)n1. The topological polar surface area (TPSA) is 67.1 Å². The van der Waals surface area contributed by atoms with Crippen molar-refractivity contribution in [2.24, 2.45) is 5.73 Å². The normalized spacial score (nSPS) is 11.4. The third kappa shape index (κ3) is 4.87. The summed E-state index contributed by atoms with van der Waals surface area (Å²) in [5.41, 5.74) is 5.52. The van der Waals surface area contributed by atoms with Gasteiger partial charge in [0.25, 0.3) is 0 Å². The third-order valence-electron chi connectivity index (χ3n) is 2.42. The maximum atomic E-state index is 5.53. The lowest BCUT2D eigenvalue weighted by Crippen LogP contribution is -2.28. The summed E-state index contributed by atoms with van der Waals surface area (Å²) < 4.78 is 0. The number of nitrogens with one attached hydrogen (secondary N) is 1. The van der Waals surface area contributed by atoms with Crippen LogP contribution in [-0.4, -0.2) is 35.6 Å². The number of rotatable bonds is 5. The number of nitrogens with two attached hydrogens (primary N) is 1. The monoisotopic (exact) mass is 251 g/mol. The maximum absolute atomic E-state index is 5.53. The standard InChI is InChI=1S/C13H25N5/c1-10-15-11(17-13(2,3)4)9-12(16-10)18(5)8-6-7-14/h9H,6-8,14H2,1-5H3,(H,15,16,17). The molecule has 0 saturated heterocycles. The van der Waals surface area contributed by atoms with Gasteiger partial charge in [0.2, 0.25) is 0 Å². The highest BCUT2D eigenvalue weighted by Gasteiger charge is 2.12. The summed E-state index contributed by atoms with van der Waals surface area (Å²) in [5.74, 6) is 2.58. The summed E-state index contributed by atoms with van der Waals surface area (Å²) in [4.78, 5) is 11.0. The van der Waals surface area contributed by atoms with Crippen molar-refractivity contribution in [1.82, 2.24) is 9.97 Å². The fraction of sp³-hybridized carbons (Fsp3) is 0.692. The molecule has 102 valence electrons. The number of aryl methyl sites for hydroxylation is 1. The van der Waals surface area contributed by atoms with Crippen molar-refractivity contribution in [2.45, 2.75) is 39.7 Å². The molecule has 0 aliphatic carbocycles. The fourth-order valence-electron chi connectivity index (χ4n) is 1.64. The zero-order valence-corrected chi connectivity index (χ0v) is 12.1. The Morgan fingerprint density at radius 3 is 2.56 bits per heavy atom. The van der Waals surface area contributed by atoms with E-state index in [1.165, 1.54) is 0 Å². The second-order valence-electron chi connectivity index (χ2n) is 5.60. The van der Waals surface area contributed by atoms with Gasteiger partial charge in [0.05, 0.1) is 0 Å². The van der Waals surface area contributed by atoms with Crippen LogP contribution in [0.25, 0.3) is 0 Å². The average Bonchev–Trinajstić information content (AvgIpc) is 2.22. The molecule has 0 aliphatic heterocycles. The first-order valence-electron chi connectivity index (χ1n) is 6.37. The van der Waals surface area contributed by atoms with Crippen LogP contribution in [0.2, 0.25) is 0 Å². The Kier molecular flexibility index (Phi) is 4.90. The molecule has 1 aromatic heterocycles. The van der Waals surface area contributed by atoms with Gasteiger partial charge in [-0.3, -0.25) is 0 Å². The van der Waals surface area contributed by atoms with E-state index in [0.717, 1.165) is 30.4 Å². The van der Waals surface area contributed by atoms with Crippen LogP contribution in [-0.2, 0) is 0 Å². The van der Waals surface area contributed by atoms with Gasteiger partial charge in [-0.1, -0.05) is 0 Å². The maximum Gasteiger partial charge on any atom is 0.134 e. The smallest absolute Gasteiger partial charge is 0.134 e. The first kappa shape index (κ1) is 14.7. The van der Waals surface area contributed by atoms with E-state index in [1.807, 2.05) is 20.0 Å². The fourth-order valence-corrected chi connectivity index (χ4v) is 1.64. The predicted molar refractivity (Wildman–Crippen MR) is 77.1 cm³/mol. The van der Waals surface area contributed by atoms with Gasteiger partial charge < -0.3 is 16.0 Å². The molecular formula is C13H25N5. The Bertz CT molecular complexity index is 383. The van der Waals surface area contributed by atoms with E-state index in [1.54, 1.807) is 0 Å². The molecule has 1 heterocycles. The van der Waals surface area contributed by atoms with Crippen molar-refractivity contribution >= 4 is 11.6 Å². The van der Waals surface area contributed by atoms with Gasteiger partial charge in [0.1, 0.15) is 17.5 Å². The van der Waals surface area contributed by atoms with Crippen LogP contribution in [0.4, 0.5) is 11.6 Å². The molecule has 0 aliphatic rings. The van der Waals surface area contributed by atoms with Crippen molar-refractivity contribution in [1.29, 1.82) is 0 Å². The minimum absolute atomic E-state index is 0.00606. The number of aromatic nitrogens is 2. The summed E-state index contributed by atoms with van der Waals surface area (Å²) in [6, 6.07) is 1.98. The van der Waals surface area contributed by atoms with E-state index in [0.29, 0.717) is 6.54 Å². The van der Waals surface area contributed by atoms with Gasteiger partial charge in [-0.2, -0.15) is 0 Å². The van der Waals surface area contributed by atoms with Gasteiger partial charge in [0.15, 0.2) is 0 Å². The molecule has 0 amide bonds. The lowest BCUT2D eigenvalue weighted by Gasteiger charge is -2.23. The van der Waals surface area contributed by atoms with Crippen LogP contribution in [0.1, 0.15) is 33.0 Å². The summed E-state index contributed by atoms with van der Waals surface area (Å²) in [6.45, 7) is 9.85. The molecule has 5 heteroatoms. The first-order chi connectivity index (χ1) is 8.31. The second-order valence-corrected chi connectivity index (χ2v) is 5.60. The molecule has 0 bridgehead atoms. The average molecular weight is 251 g/mol. The molecule has 0 aromatic carbocycles. The van der Waals surface area contributed by atoms with Crippen LogP contribution in [0.15, 0.2) is 6.07 Å². The van der Waals surface area contributed by atoms with Crippen molar-refractivity contribution in [2.75, 3.05) is 30.4 Å². The summed E-state index contributed by atoms with van der Waals surface area (Å²) in [5, 5.41) is 3.37. The largest absolute Gasteiger partial charge is 0.365 e. The molecule has 0 fully saturated rings. The van der Waals surface area contributed by atoms with Crippen molar-refractivity contribution < 1.29 is 0 Å². The zero-order chi connectivity index (χ0) is 13.8. The summed E-state index contributed by atoms with van der Waals surface area (Å²) in [6.07, 6.45) is 0.960. The van der Waals surface area contributed by atoms with E-state index in [9.17, 15) is 0 Å². The Hall–Kier alpha value is -1.36. The Balaban J connectivity index is 2.86. The highest BCUT2D eigenvalue weighted by molar-refractivity contribution is 5.49. The Labute approximate surface area is 110 Å². The number of anilines is 2. The summed E-state index contributed by atoms with van der Waals surface area (Å²) >= 11 is 0. The molecule has 1 aromatic rings. The number of nitrogens with zero attached hydrogens (tertiary/aromatic N) is 3. The second kappa shape index (κ2) is 6.00. The highest BCUT2D eigenvalue weighted by Crippen LogP contribution is 2.18. The molecule has 0 saturated carbocycles. The van der Waals surface area contributed by atoms with Crippen LogP contribution in [0.5, 0.6) is 0 Å². The van der Waals surface area contributed by atoms with Crippen molar-refractivity contribution in [3.8, 4) is 0 Å².